The van der Waals surface area contributed by atoms with Gasteiger partial charge in [0.15, 0.2) is 0 Å². The number of carbonyl (C=O) groups is 1. The van der Waals surface area contributed by atoms with Gasteiger partial charge in [-0.05, 0) is 10.4 Å². The van der Waals surface area contributed by atoms with Gasteiger partial charge in [0.25, 0.3) is 0 Å². The lowest BCUT2D eigenvalue weighted by Crippen LogP contribution is -2.30. The van der Waals surface area contributed by atoms with Gasteiger partial charge >= 0.3 is 5.97 Å². The highest BCUT2D eigenvalue weighted by molar-refractivity contribution is 5.87. The first-order chi connectivity index (χ1) is 6.16. The van der Waals surface area contributed by atoms with Gasteiger partial charge in [0.1, 0.15) is 0 Å². The van der Waals surface area contributed by atoms with Crippen molar-refractivity contribution in [3.63, 3.8) is 0 Å². The number of aromatic carboxylic acids is 1. The number of hydrogen-bond acceptors (Lipinski definition) is 2. The predicted octanol–water partition coefficient (Wildman–Crippen LogP) is 0.157. The Bertz CT molecular complexity index is 448. The Hall–Kier alpha value is -1.90. The zero-order valence-corrected chi connectivity index (χ0v) is 7.03. The van der Waals surface area contributed by atoms with Gasteiger partial charge in [-0.3, -0.25) is 4.98 Å². The first-order valence-electron chi connectivity index (χ1n) is 3.66. The average molecular weight is 175 g/mol. The molecule has 0 aromatic carbocycles. The smallest absolute Gasteiger partial charge is 0.337 e. The Labute approximate surface area is 75.4 Å². The van der Waals surface area contributed by atoms with Crippen LogP contribution in [0.1, 0.15) is 10.4 Å². The zero-order valence-electron chi connectivity index (χ0n) is 7.03. The number of aromatic nitrogens is 1. The normalized spacial score (nSPS) is 11.2. The minimum Gasteiger partial charge on any atom is -0.478 e. The summed E-state index contributed by atoms with van der Waals surface area (Å²) in [6.45, 7) is 7.18. The lowest BCUT2D eigenvalue weighted by Gasteiger charge is -1.94. The quantitative estimate of drug-likeness (QED) is 0.696. The van der Waals surface area contributed by atoms with Crippen molar-refractivity contribution in [2.45, 2.75) is 0 Å². The minimum absolute atomic E-state index is 0.146. The number of carboxylic acid groups (broad SMARTS) is 1. The molecule has 0 radical (unpaired) electrons. The van der Waals surface area contributed by atoms with Crippen LogP contribution in [0.5, 0.6) is 0 Å². The molecular formula is C10H9NO2. The monoisotopic (exact) mass is 175 g/mol. The van der Waals surface area contributed by atoms with Crippen molar-refractivity contribution >= 4 is 18.6 Å². The Morgan fingerprint density at radius 2 is 2.23 bits per heavy atom. The van der Waals surface area contributed by atoms with Gasteiger partial charge in [-0.2, -0.15) is 0 Å². The summed E-state index contributed by atoms with van der Waals surface area (Å²) in [6, 6.07) is 0. The van der Waals surface area contributed by atoms with E-state index >= 15 is 0 Å². The number of allylic oxidation sites excluding steroid dienone is 1. The summed E-state index contributed by atoms with van der Waals surface area (Å²) in [5, 5.41) is 9.93. The van der Waals surface area contributed by atoms with Crippen molar-refractivity contribution in [2.24, 2.45) is 0 Å². The summed E-state index contributed by atoms with van der Waals surface area (Å²) in [4.78, 5) is 14.5. The van der Waals surface area contributed by atoms with Crippen LogP contribution in [0.3, 0.4) is 0 Å². The average Bonchev–Trinajstić information content (AvgIpc) is 2.08. The number of pyridine rings is 1. The van der Waals surface area contributed by atoms with E-state index in [1.54, 1.807) is 6.08 Å². The zero-order chi connectivity index (χ0) is 9.84. The molecule has 0 saturated carbocycles. The van der Waals surface area contributed by atoms with E-state index in [0.717, 1.165) is 0 Å². The third-order valence-electron chi connectivity index (χ3n) is 1.59. The molecule has 0 aliphatic heterocycles. The van der Waals surface area contributed by atoms with Gasteiger partial charge in [-0.25, -0.2) is 4.79 Å². The Balaban J connectivity index is 3.62. The molecule has 1 aromatic rings. The molecule has 0 aliphatic carbocycles. The molecular weight excluding hydrogens is 166 g/mol. The van der Waals surface area contributed by atoms with Crippen LogP contribution in [-0.2, 0) is 0 Å². The fourth-order valence-electron chi connectivity index (χ4n) is 0.999. The topological polar surface area (TPSA) is 50.2 Å². The molecule has 66 valence electrons. The van der Waals surface area contributed by atoms with Crippen LogP contribution in [0, 0.1) is 0 Å². The SMILES string of the molecule is C=C/C=c1/c(C(=O)O)cncc1=C. The molecule has 0 atom stereocenters. The van der Waals surface area contributed by atoms with Gasteiger partial charge in [0.2, 0.25) is 0 Å². The lowest BCUT2D eigenvalue weighted by atomic mass is 10.2. The highest BCUT2D eigenvalue weighted by atomic mass is 16.4. The number of nitrogens with zero attached hydrogens (tertiary/aromatic N) is 1. The molecule has 13 heavy (non-hydrogen) atoms. The molecule has 0 amide bonds. The summed E-state index contributed by atoms with van der Waals surface area (Å²) in [7, 11) is 0. The lowest BCUT2D eigenvalue weighted by molar-refractivity contribution is 0.0695. The van der Waals surface area contributed by atoms with Crippen molar-refractivity contribution < 1.29 is 9.90 Å². The summed E-state index contributed by atoms with van der Waals surface area (Å²) < 4.78 is 0. The van der Waals surface area contributed by atoms with E-state index in [0.29, 0.717) is 10.4 Å². The summed E-state index contributed by atoms with van der Waals surface area (Å²) in [5.41, 5.74) is 0.146. The molecule has 0 aliphatic rings. The highest BCUT2D eigenvalue weighted by Gasteiger charge is 2.03. The molecule has 1 aromatic heterocycles. The first kappa shape index (κ1) is 9.19. The van der Waals surface area contributed by atoms with E-state index in [4.69, 9.17) is 5.11 Å². The molecule has 3 heteroatoms. The number of carboxylic acids is 1. The second kappa shape index (κ2) is 3.67. The third kappa shape index (κ3) is 1.82. The van der Waals surface area contributed by atoms with Crippen molar-refractivity contribution in [3.8, 4) is 0 Å². The fourth-order valence-corrected chi connectivity index (χ4v) is 0.999. The minimum atomic E-state index is -1.01. The highest BCUT2D eigenvalue weighted by Crippen LogP contribution is 1.84. The van der Waals surface area contributed by atoms with Crippen molar-refractivity contribution in [1.82, 2.24) is 4.98 Å². The maximum absolute atomic E-state index is 10.7. The molecule has 1 rings (SSSR count). The summed E-state index contributed by atoms with van der Waals surface area (Å²) in [6.07, 6.45) is 5.94. The second-order valence-corrected chi connectivity index (χ2v) is 2.47. The molecule has 3 nitrogen and oxygen atoms in total. The van der Waals surface area contributed by atoms with Gasteiger partial charge in [0, 0.05) is 12.4 Å². The molecule has 0 spiro atoms. The van der Waals surface area contributed by atoms with Gasteiger partial charge in [0.05, 0.1) is 5.56 Å². The molecule has 1 heterocycles. The first-order valence-corrected chi connectivity index (χ1v) is 3.66. The second-order valence-electron chi connectivity index (χ2n) is 2.47. The number of hydrogen-bond donors (Lipinski definition) is 1. The van der Waals surface area contributed by atoms with Crippen molar-refractivity contribution in [2.75, 3.05) is 0 Å². The third-order valence-corrected chi connectivity index (χ3v) is 1.59. The predicted molar refractivity (Wildman–Crippen MR) is 50.6 cm³/mol. The van der Waals surface area contributed by atoms with Crippen LogP contribution >= 0.6 is 0 Å². The summed E-state index contributed by atoms with van der Waals surface area (Å²) >= 11 is 0. The maximum Gasteiger partial charge on any atom is 0.337 e. The van der Waals surface area contributed by atoms with Crippen LogP contribution in [0.15, 0.2) is 25.0 Å². The van der Waals surface area contributed by atoms with Crippen LogP contribution in [0.25, 0.3) is 12.7 Å². The Morgan fingerprint density at radius 3 is 2.77 bits per heavy atom. The van der Waals surface area contributed by atoms with Crippen molar-refractivity contribution in [1.29, 1.82) is 0 Å². The van der Waals surface area contributed by atoms with Gasteiger partial charge < -0.3 is 5.11 Å². The largest absolute Gasteiger partial charge is 0.478 e. The number of rotatable bonds is 2. The van der Waals surface area contributed by atoms with Crippen LogP contribution in [-0.4, -0.2) is 16.1 Å². The van der Waals surface area contributed by atoms with E-state index in [2.05, 4.69) is 18.1 Å². The van der Waals surface area contributed by atoms with E-state index < -0.39 is 5.97 Å². The maximum atomic E-state index is 10.7. The Morgan fingerprint density at radius 1 is 1.54 bits per heavy atom. The van der Waals surface area contributed by atoms with Crippen molar-refractivity contribution in [3.05, 3.63) is 41.0 Å². The molecule has 0 fully saturated rings. The van der Waals surface area contributed by atoms with E-state index in [1.165, 1.54) is 18.5 Å². The molecule has 0 saturated heterocycles. The van der Waals surface area contributed by atoms with E-state index in [1.807, 2.05) is 0 Å². The van der Waals surface area contributed by atoms with E-state index in [-0.39, 0.29) is 5.56 Å². The van der Waals surface area contributed by atoms with Gasteiger partial charge in [-0.15, -0.1) is 0 Å². The molecule has 1 N–H and O–H groups in total. The van der Waals surface area contributed by atoms with Gasteiger partial charge in [-0.1, -0.05) is 25.3 Å². The van der Waals surface area contributed by atoms with E-state index in [9.17, 15) is 4.79 Å². The fraction of sp³-hybridized carbons (Fsp3) is 0. The molecule has 0 bridgehead atoms. The van der Waals surface area contributed by atoms with Crippen LogP contribution < -0.4 is 10.4 Å². The summed E-state index contributed by atoms with van der Waals surface area (Å²) in [5.74, 6) is -1.01. The Kier molecular flexibility index (Phi) is 2.59. The van der Waals surface area contributed by atoms with Crippen LogP contribution in [0.2, 0.25) is 0 Å². The van der Waals surface area contributed by atoms with Crippen LogP contribution in [0.4, 0.5) is 0 Å². The standard InChI is InChI=1S/C10H9NO2/c1-3-4-8-7(2)5-11-6-9(8)10(12)13/h3-6H,1-2H2,(H,12,13)/b8-4+. The molecule has 0 unspecified atom stereocenters.